The number of alkyl halides is 3. The predicted molar refractivity (Wildman–Crippen MR) is 119 cm³/mol. The number of rotatable bonds is 4. The summed E-state index contributed by atoms with van der Waals surface area (Å²) in [4.78, 5) is 23.9. The summed E-state index contributed by atoms with van der Waals surface area (Å²) in [6.07, 6.45) is 4.38. The fourth-order valence-electron chi connectivity index (χ4n) is 7.06. The second-order valence-electron chi connectivity index (χ2n) is 12.0. The van der Waals surface area contributed by atoms with E-state index in [2.05, 4.69) is 20.2 Å². The summed E-state index contributed by atoms with van der Waals surface area (Å²) in [7, 11) is 0. The van der Waals surface area contributed by atoms with E-state index in [-0.39, 0.29) is 16.9 Å². The van der Waals surface area contributed by atoms with Crippen LogP contribution in [0.1, 0.15) is 73.3 Å². The Morgan fingerprint density at radius 1 is 0.943 bits per heavy atom. The molecule has 7 rings (SSSR count). The third-order valence-corrected chi connectivity index (χ3v) is 8.96. The summed E-state index contributed by atoms with van der Waals surface area (Å²) in [5, 5.41) is 8.67. The molecule has 10 heteroatoms. The van der Waals surface area contributed by atoms with Gasteiger partial charge in [-0.2, -0.15) is 13.2 Å². The second-order valence-corrected chi connectivity index (χ2v) is 12.0. The van der Waals surface area contributed by atoms with E-state index >= 15 is 0 Å². The van der Waals surface area contributed by atoms with Crippen LogP contribution in [0.5, 0.6) is 0 Å². The molecule has 0 radical (unpaired) electrons. The molecule has 1 N–H and O–H groups in total. The molecular weight excluding hydrogens is 457 g/mol. The number of H-pyrrole nitrogens is 1. The predicted octanol–water partition coefficient (Wildman–Crippen LogP) is 4.35. The maximum Gasteiger partial charge on any atom is 0.433 e. The molecule has 2 saturated heterocycles. The lowest BCUT2D eigenvalue weighted by Gasteiger charge is -2.63. The van der Waals surface area contributed by atoms with Crippen LogP contribution in [0.2, 0.25) is 0 Å². The largest absolute Gasteiger partial charge is 0.433 e. The standard InChI is InChI=1S/C25H29F3N6O/c26-25(27,28)19-4-1-15(10-29-19)5-16-6-23(7-16)11-33(12-23)22(35)34-13-24(14-34)8-18(9-24)21-30-20(31-32-21)17-2-3-17/h1,4,10,16-18H,2-3,5-9,11-14H2,(H,30,31,32). The van der Waals surface area contributed by atoms with Crippen molar-refractivity contribution in [2.24, 2.45) is 16.7 Å². The number of nitrogens with one attached hydrogen (secondary N) is 1. The first-order valence-electron chi connectivity index (χ1n) is 12.7. The van der Waals surface area contributed by atoms with Crippen molar-refractivity contribution in [2.45, 2.75) is 63.0 Å². The molecule has 0 atom stereocenters. The van der Waals surface area contributed by atoms with Crippen molar-refractivity contribution in [3.63, 3.8) is 0 Å². The SMILES string of the molecule is O=C(N1CC2(CC(Cc3ccc(C(F)(F)F)nc3)C2)C1)N1CC2(CC(c3nnc(C4CC4)[nH]3)C2)C1. The maximum atomic E-state index is 12.9. The molecule has 7 nitrogen and oxygen atoms in total. The monoisotopic (exact) mass is 486 g/mol. The molecule has 186 valence electrons. The highest BCUT2D eigenvalue weighted by Gasteiger charge is 2.58. The Balaban J connectivity index is 0.840. The molecule has 0 unspecified atom stereocenters. The summed E-state index contributed by atoms with van der Waals surface area (Å²) in [5.41, 5.74) is 0.497. The van der Waals surface area contributed by atoms with Crippen molar-refractivity contribution >= 4 is 6.03 Å². The van der Waals surface area contributed by atoms with E-state index in [1.165, 1.54) is 25.1 Å². The van der Waals surface area contributed by atoms with Gasteiger partial charge in [-0.1, -0.05) is 6.07 Å². The van der Waals surface area contributed by atoms with Gasteiger partial charge in [-0.25, -0.2) is 4.79 Å². The lowest BCUT2D eigenvalue weighted by atomic mass is 9.56. The van der Waals surface area contributed by atoms with Crippen molar-refractivity contribution in [1.29, 1.82) is 0 Å². The summed E-state index contributed by atoms with van der Waals surface area (Å²) in [5.74, 6) is 3.58. The van der Waals surface area contributed by atoms with Crippen molar-refractivity contribution in [3.8, 4) is 0 Å². The molecule has 2 amide bonds. The molecule has 35 heavy (non-hydrogen) atoms. The minimum atomic E-state index is -4.39. The third-order valence-electron chi connectivity index (χ3n) is 8.96. The van der Waals surface area contributed by atoms with Gasteiger partial charge >= 0.3 is 12.2 Å². The number of likely N-dealkylation sites (tertiary alicyclic amines) is 2. The summed E-state index contributed by atoms with van der Waals surface area (Å²) in [6.45, 7) is 3.31. The highest BCUT2D eigenvalue weighted by atomic mass is 19.4. The topological polar surface area (TPSA) is 78.0 Å². The van der Waals surface area contributed by atoms with Gasteiger partial charge < -0.3 is 14.8 Å². The van der Waals surface area contributed by atoms with Gasteiger partial charge in [0.05, 0.1) is 0 Å². The molecule has 2 aliphatic heterocycles. The molecule has 2 spiro atoms. The molecule has 0 bridgehead atoms. The van der Waals surface area contributed by atoms with Crippen LogP contribution in [0.25, 0.3) is 0 Å². The normalized spacial score (nSPS) is 25.2. The van der Waals surface area contributed by atoms with Crippen LogP contribution in [0.3, 0.4) is 0 Å². The number of aromatic amines is 1. The van der Waals surface area contributed by atoms with E-state index in [0.717, 1.165) is 81.6 Å². The number of amides is 2. The first kappa shape index (κ1) is 21.6. The van der Waals surface area contributed by atoms with Gasteiger partial charge in [0.15, 0.2) is 0 Å². The smallest absolute Gasteiger partial charge is 0.328 e. The van der Waals surface area contributed by atoms with Gasteiger partial charge in [0.25, 0.3) is 0 Å². The van der Waals surface area contributed by atoms with Gasteiger partial charge in [-0.05, 0) is 62.5 Å². The Kier molecular flexibility index (Phi) is 4.44. The summed E-state index contributed by atoms with van der Waals surface area (Å²) < 4.78 is 38.0. The molecule has 3 aliphatic carbocycles. The van der Waals surface area contributed by atoms with E-state index in [9.17, 15) is 18.0 Å². The quantitative estimate of drug-likeness (QED) is 0.697. The van der Waals surface area contributed by atoms with Crippen LogP contribution in [-0.4, -0.2) is 62.2 Å². The number of carbonyl (C=O) groups excluding carboxylic acids is 1. The van der Waals surface area contributed by atoms with Crippen molar-refractivity contribution in [1.82, 2.24) is 30.0 Å². The number of aromatic nitrogens is 4. The number of halogens is 3. The van der Waals surface area contributed by atoms with Gasteiger partial charge in [0.1, 0.15) is 17.3 Å². The molecule has 4 heterocycles. The lowest BCUT2D eigenvalue weighted by molar-refractivity contribution is -0.141. The number of pyridine rings is 1. The van der Waals surface area contributed by atoms with Crippen LogP contribution in [0, 0.1) is 16.7 Å². The molecule has 5 fully saturated rings. The molecule has 0 aromatic carbocycles. The van der Waals surface area contributed by atoms with Crippen LogP contribution >= 0.6 is 0 Å². The van der Waals surface area contributed by atoms with E-state index in [1.807, 2.05) is 9.80 Å². The number of carbonyl (C=O) groups is 1. The van der Waals surface area contributed by atoms with Crippen LogP contribution < -0.4 is 0 Å². The average molecular weight is 487 g/mol. The zero-order chi connectivity index (χ0) is 24.0. The molecule has 3 saturated carbocycles. The zero-order valence-electron chi connectivity index (χ0n) is 19.5. The number of nitrogens with zero attached hydrogens (tertiary/aromatic N) is 5. The van der Waals surface area contributed by atoms with Crippen LogP contribution in [0.4, 0.5) is 18.0 Å². The Hall–Kier alpha value is -2.65. The maximum absolute atomic E-state index is 12.9. The van der Waals surface area contributed by atoms with Gasteiger partial charge in [0.2, 0.25) is 0 Å². The highest BCUT2D eigenvalue weighted by molar-refractivity contribution is 5.77. The third kappa shape index (κ3) is 3.71. The Labute approximate surface area is 201 Å². The lowest BCUT2D eigenvalue weighted by Crippen LogP contribution is -2.70. The second kappa shape index (κ2) is 7.20. The Morgan fingerprint density at radius 2 is 1.54 bits per heavy atom. The average Bonchev–Trinajstić information content (AvgIpc) is 3.44. The first-order chi connectivity index (χ1) is 16.7. The molecule has 5 aliphatic rings. The first-order valence-corrected chi connectivity index (χ1v) is 12.7. The van der Waals surface area contributed by atoms with Gasteiger partial charge in [-0.15, -0.1) is 10.2 Å². The van der Waals surface area contributed by atoms with Gasteiger partial charge in [-0.3, -0.25) is 4.98 Å². The van der Waals surface area contributed by atoms with Crippen molar-refractivity contribution in [2.75, 3.05) is 26.2 Å². The van der Waals surface area contributed by atoms with Crippen molar-refractivity contribution < 1.29 is 18.0 Å². The van der Waals surface area contributed by atoms with Crippen LogP contribution in [0.15, 0.2) is 18.3 Å². The summed E-state index contributed by atoms with van der Waals surface area (Å²) >= 11 is 0. The van der Waals surface area contributed by atoms with E-state index < -0.39 is 11.9 Å². The van der Waals surface area contributed by atoms with Crippen LogP contribution in [-0.2, 0) is 12.6 Å². The van der Waals surface area contributed by atoms with Crippen molar-refractivity contribution in [3.05, 3.63) is 41.2 Å². The van der Waals surface area contributed by atoms with E-state index in [0.29, 0.717) is 17.8 Å². The Bertz CT molecular complexity index is 1130. The van der Waals surface area contributed by atoms with Gasteiger partial charge in [0, 0.05) is 55.0 Å². The fourth-order valence-corrected chi connectivity index (χ4v) is 7.06. The Morgan fingerprint density at radius 3 is 2.09 bits per heavy atom. The summed E-state index contributed by atoms with van der Waals surface area (Å²) in [6, 6.07) is 2.77. The minimum absolute atomic E-state index is 0.163. The molecule has 2 aromatic heterocycles. The fraction of sp³-hybridized carbons (Fsp3) is 0.680. The highest BCUT2D eigenvalue weighted by Crippen LogP contribution is 2.57. The number of hydrogen-bond donors (Lipinski definition) is 1. The zero-order valence-corrected chi connectivity index (χ0v) is 19.5. The minimum Gasteiger partial charge on any atom is -0.328 e. The molecular formula is C25H29F3N6O. The van der Waals surface area contributed by atoms with E-state index in [1.54, 1.807) is 0 Å². The van der Waals surface area contributed by atoms with E-state index in [4.69, 9.17) is 0 Å². The number of urea groups is 1. The molecule has 2 aromatic rings. The number of hydrogen-bond acceptors (Lipinski definition) is 4.